The second-order valence-electron chi connectivity index (χ2n) is 3.81. The van der Waals surface area contributed by atoms with E-state index in [1.165, 1.54) is 19.1 Å². The average molecular weight is 304 g/mol. The van der Waals surface area contributed by atoms with Crippen molar-refractivity contribution in [3.63, 3.8) is 0 Å². The van der Waals surface area contributed by atoms with E-state index >= 15 is 0 Å². The Hall–Kier alpha value is -1.76. The Kier molecular flexibility index (Phi) is 5.38. The molecule has 7 heteroatoms. The van der Waals surface area contributed by atoms with Gasteiger partial charge in [0, 0.05) is 12.7 Å². The first kappa shape index (κ1) is 16.3. The maximum atomic E-state index is 12.6. The van der Waals surface area contributed by atoms with E-state index in [0.29, 0.717) is 0 Å². The van der Waals surface area contributed by atoms with E-state index in [2.05, 4.69) is 0 Å². The van der Waals surface area contributed by atoms with Crippen molar-refractivity contribution in [2.24, 2.45) is 0 Å². The highest BCUT2D eigenvalue weighted by atomic mass is 32.2. The van der Waals surface area contributed by atoms with Gasteiger partial charge in [-0.05, 0) is 23.8 Å². The molecule has 0 aliphatic heterocycles. The minimum absolute atomic E-state index is 0.0449. The van der Waals surface area contributed by atoms with Crippen LogP contribution in [0.5, 0.6) is 0 Å². The van der Waals surface area contributed by atoms with Crippen molar-refractivity contribution in [1.82, 2.24) is 0 Å². The van der Waals surface area contributed by atoms with Crippen molar-refractivity contribution < 1.29 is 27.9 Å². The molecular weight excluding hydrogens is 293 g/mol. The summed E-state index contributed by atoms with van der Waals surface area (Å²) >= 11 is 0.979. The molecule has 0 aliphatic rings. The van der Waals surface area contributed by atoms with Crippen LogP contribution in [-0.2, 0) is 11.0 Å². The molecule has 0 aliphatic carbocycles. The first-order valence-electron chi connectivity index (χ1n) is 5.46. The normalized spacial score (nSPS) is 11.8. The van der Waals surface area contributed by atoms with E-state index in [0.717, 1.165) is 30.0 Å². The molecule has 0 saturated heterocycles. The van der Waals surface area contributed by atoms with Gasteiger partial charge in [-0.25, -0.2) is 4.79 Å². The third kappa shape index (κ3) is 4.73. The zero-order chi connectivity index (χ0) is 15.3. The number of thioether (sulfide) groups is 1. The maximum Gasteiger partial charge on any atom is 0.416 e. The number of rotatable bonds is 4. The fraction of sp³-hybridized carbons (Fsp3) is 0.231. The lowest BCUT2D eigenvalue weighted by molar-refractivity contribution is -0.137. The Morgan fingerprint density at radius 1 is 1.35 bits per heavy atom. The number of carbonyl (C=O) groups is 2. The van der Waals surface area contributed by atoms with Crippen molar-refractivity contribution in [2.75, 3.05) is 5.75 Å². The van der Waals surface area contributed by atoms with Gasteiger partial charge in [-0.15, -0.1) is 0 Å². The Labute approximate surface area is 117 Å². The summed E-state index contributed by atoms with van der Waals surface area (Å²) in [6.07, 6.45) is -1.81. The summed E-state index contributed by atoms with van der Waals surface area (Å²) in [4.78, 5) is 21.7. The molecule has 1 N–H and O–H groups in total. The number of aromatic carboxylic acids is 1. The number of carbonyl (C=O) groups excluding carboxylic acids is 1. The first-order chi connectivity index (χ1) is 9.21. The highest BCUT2D eigenvalue weighted by molar-refractivity contribution is 8.13. The molecule has 108 valence electrons. The molecule has 0 fully saturated rings. The standard InChI is InChI=1S/C13H11F3O3S/c1-8(17)20-6-2-3-9-7-10(13(14,15)16)4-5-11(9)12(18)19/h2-5,7H,6H2,1H3,(H,18,19). The lowest BCUT2D eigenvalue weighted by Crippen LogP contribution is -2.07. The summed E-state index contributed by atoms with van der Waals surface area (Å²) in [6, 6.07) is 2.42. The number of carboxylic acids is 1. The third-order valence-electron chi connectivity index (χ3n) is 2.29. The molecule has 1 rings (SSSR count). The predicted octanol–water partition coefficient (Wildman–Crippen LogP) is 3.70. The second-order valence-corrected chi connectivity index (χ2v) is 5.01. The lowest BCUT2D eigenvalue weighted by Gasteiger charge is -2.09. The molecule has 0 spiro atoms. The van der Waals surface area contributed by atoms with E-state index in [1.807, 2.05) is 0 Å². The van der Waals surface area contributed by atoms with Crippen LogP contribution in [0.15, 0.2) is 24.3 Å². The zero-order valence-electron chi connectivity index (χ0n) is 10.4. The van der Waals surface area contributed by atoms with Crippen LogP contribution in [-0.4, -0.2) is 21.9 Å². The van der Waals surface area contributed by atoms with E-state index in [9.17, 15) is 22.8 Å². The van der Waals surface area contributed by atoms with Crippen molar-refractivity contribution >= 4 is 28.9 Å². The van der Waals surface area contributed by atoms with Gasteiger partial charge in [-0.3, -0.25) is 4.79 Å². The van der Waals surface area contributed by atoms with E-state index in [-0.39, 0.29) is 22.0 Å². The van der Waals surface area contributed by atoms with Crippen LogP contribution in [0, 0.1) is 0 Å². The number of hydrogen-bond donors (Lipinski definition) is 1. The molecule has 0 saturated carbocycles. The zero-order valence-corrected chi connectivity index (χ0v) is 11.2. The van der Waals surface area contributed by atoms with Crippen molar-refractivity contribution in [3.05, 3.63) is 41.0 Å². The lowest BCUT2D eigenvalue weighted by atomic mass is 10.0. The summed E-state index contributed by atoms with van der Waals surface area (Å²) in [6.45, 7) is 1.37. The number of benzene rings is 1. The van der Waals surface area contributed by atoms with Crippen LogP contribution in [0.25, 0.3) is 6.08 Å². The molecule has 1 aromatic rings. The smallest absolute Gasteiger partial charge is 0.416 e. The Morgan fingerprint density at radius 2 is 2.00 bits per heavy atom. The summed E-state index contributed by atoms with van der Waals surface area (Å²) in [5, 5.41) is 8.80. The predicted molar refractivity (Wildman–Crippen MR) is 70.6 cm³/mol. The molecule has 0 radical (unpaired) electrons. The monoisotopic (exact) mass is 304 g/mol. The summed E-state index contributed by atoms with van der Waals surface area (Å²) in [5.74, 6) is -1.04. The number of alkyl halides is 3. The van der Waals surface area contributed by atoms with Gasteiger partial charge in [-0.1, -0.05) is 23.9 Å². The molecule has 0 atom stereocenters. The molecular formula is C13H11F3O3S. The molecule has 1 aromatic carbocycles. The number of halogens is 3. The Morgan fingerprint density at radius 3 is 2.50 bits per heavy atom. The topological polar surface area (TPSA) is 54.4 Å². The quantitative estimate of drug-likeness (QED) is 0.921. The van der Waals surface area contributed by atoms with Crippen LogP contribution in [0.1, 0.15) is 28.4 Å². The molecule has 0 aromatic heterocycles. The van der Waals surface area contributed by atoms with Crippen LogP contribution >= 0.6 is 11.8 Å². The summed E-state index contributed by atoms with van der Waals surface area (Å²) < 4.78 is 37.7. The van der Waals surface area contributed by atoms with E-state index in [4.69, 9.17) is 5.11 Å². The SMILES string of the molecule is CC(=O)SCC=Cc1cc(C(F)(F)F)ccc1C(=O)O. The summed E-state index contributed by atoms with van der Waals surface area (Å²) in [7, 11) is 0. The van der Waals surface area contributed by atoms with E-state index in [1.54, 1.807) is 0 Å². The van der Waals surface area contributed by atoms with Crippen molar-refractivity contribution in [1.29, 1.82) is 0 Å². The van der Waals surface area contributed by atoms with Crippen molar-refractivity contribution in [3.8, 4) is 0 Å². The van der Waals surface area contributed by atoms with Gasteiger partial charge in [-0.2, -0.15) is 13.2 Å². The van der Waals surface area contributed by atoms with Gasteiger partial charge in [0.2, 0.25) is 0 Å². The van der Waals surface area contributed by atoms with Gasteiger partial charge in [0.25, 0.3) is 0 Å². The fourth-order valence-electron chi connectivity index (χ4n) is 1.41. The van der Waals surface area contributed by atoms with Crippen LogP contribution < -0.4 is 0 Å². The van der Waals surface area contributed by atoms with Gasteiger partial charge >= 0.3 is 12.1 Å². The number of carboxylic acid groups (broad SMARTS) is 1. The Balaban J connectivity index is 3.06. The fourth-order valence-corrected chi connectivity index (χ4v) is 1.84. The maximum absolute atomic E-state index is 12.6. The molecule has 0 bridgehead atoms. The highest BCUT2D eigenvalue weighted by Crippen LogP contribution is 2.31. The average Bonchev–Trinajstić information content (AvgIpc) is 2.32. The van der Waals surface area contributed by atoms with Gasteiger partial charge in [0.1, 0.15) is 0 Å². The minimum atomic E-state index is -4.53. The van der Waals surface area contributed by atoms with Crippen LogP contribution in [0.4, 0.5) is 13.2 Å². The minimum Gasteiger partial charge on any atom is -0.478 e. The largest absolute Gasteiger partial charge is 0.478 e. The molecule has 0 amide bonds. The first-order valence-corrected chi connectivity index (χ1v) is 6.45. The molecule has 3 nitrogen and oxygen atoms in total. The second kappa shape index (κ2) is 6.60. The summed E-state index contributed by atoms with van der Waals surface area (Å²) in [5.41, 5.74) is -1.18. The molecule has 0 unspecified atom stereocenters. The highest BCUT2D eigenvalue weighted by Gasteiger charge is 2.31. The van der Waals surface area contributed by atoms with Crippen molar-refractivity contribution in [2.45, 2.75) is 13.1 Å². The van der Waals surface area contributed by atoms with Crippen LogP contribution in [0.3, 0.4) is 0 Å². The Bertz CT molecular complexity index is 550. The van der Waals surface area contributed by atoms with Gasteiger partial charge in [0.15, 0.2) is 5.12 Å². The van der Waals surface area contributed by atoms with Crippen LogP contribution in [0.2, 0.25) is 0 Å². The van der Waals surface area contributed by atoms with Gasteiger partial charge < -0.3 is 5.11 Å². The third-order valence-corrected chi connectivity index (χ3v) is 3.06. The van der Waals surface area contributed by atoms with Gasteiger partial charge in [0.05, 0.1) is 11.1 Å². The molecule has 0 heterocycles. The molecule has 20 heavy (non-hydrogen) atoms. The van der Waals surface area contributed by atoms with E-state index < -0.39 is 17.7 Å². The number of hydrogen-bond acceptors (Lipinski definition) is 3.